The largest absolute Gasteiger partial charge is 0.243 e. The van der Waals surface area contributed by atoms with Gasteiger partial charge in [0.25, 0.3) is 0 Å². The highest BCUT2D eigenvalue weighted by molar-refractivity contribution is 9.10. The van der Waals surface area contributed by atoms with Crippen LogP contribution >= 0.6 is 27.5 Å². The van der Waals surface area contributed by atoms with Crippen molar-refractivity contribution in [1.29, 1.82) is 0 Å². The van der Waals surface area contributed by atoms with Crippen LogP contribution in [-0.4, -0.2) is 32.2 Å². The van der Waals surface area contributed by atoms with Crippen molar-refractivity contribution in [3.63, 3.8) is 0 Å². The van der Waals surface area contributed by atoms with Gasteiger partial charge in [-0.1, -0.05) is 12.1 Å². The van der Waals surface area contributed by atoms with E-state index in [2.05, 4.69) is 15.9 Å². The summed E-state index contributed by atoms with van der Waals surface area (Å²) in [4.78, 5) is 0.262. The molecule has 1 aromatic carbocycles. The quantitative estimate of drug-likeness (QED) is 0.800. The molecular formula is C9H11BrClNO2S. The van der Waals surface area contributed by atoms with Crippen LogP contribution in [0.25, 0.3) is 0 Å². The fourth-order valence-electron chi connectivity index (χ4n) is 1.06. The molecule has 0 N–H and O–H groups in total. The molecule has 84 valence electrons. The van der Waals surface area contributed by atoms with E-state index < -0.39 is 10.0 Å². The molecule has 0 atom stereocenters. The third-order valence-corrected chi connectivity index (χ3v) is 4.96. The van der Waals surface area contributed by atoms with Gasteiger partial charge in [-0.05, 0) is 28.1 Å². The lowest BCUT2D eigenvalue weighted by atomic mass is 10.4. The Balaban J connectivity index is 3.12. The number of nitrogens with zero attached hydrogens (tertiary/aromatic N) is 1. The second-order valence-corrected chi connectivity index (χ2v) is 6.19. The molecule has 0 spiro atoms. The average molecular weight is 313 g/mol. The van der Waals surface area contributed by atoms with Crippen LogP contribution in [0.15, 0.2) is 33.6 Å². The molecule has 0 aliphatic rings. The van der Waals surface area contributed by atoms with E-state index in [9.17, 15) is 8.42 Å². The summed E-state index contributed by atoms with van der Waals surface area (Å²) in [5.41, 5.74) is 0. The van der Waals surface area contributed by atoms with E-state index in [4.69, 9.17) is 11.6 Å². The van der Waals surface area contributed by atoms with Gasteiger partial charge < -0.3 is 0 Å². The third-order valence-electron chi connectivity index (χ3n) is 1.92. The molecular weight excluding hydrogens is 302 g/mol. The van der Waals surface area contributed by atoms with E-state index in [-0.39, 0.29) is 10.8 Å². The molecule has 0 bridgehead atoms. The van der Waals surface area contributed by atoms with Gasteiger partial charge in [0.1, 0.15) is 0 Å². The van der Waals surface area contributed by atoms with Crippen LogP contribution in [0.5, 0.6) is 0 Å². The highest BCUT2D eigenvalue weighted by Gasteiger charge is 2.22. The maximum atomic E-state index is 12.0. The van der Waals surface area contributed by atoms with Crippen LogP contribution in [0.4, 0.5) is 0 Å². The minimum atomic E-state index is -3.43. The first-order chi connectivity index (χ1) is 7.00. The average Bonchev–Trinajstić information content (AvgIpc) is 2.18. The topological polar surface area (TPSA) is 37.4 Å². The summed E-state index contributed by atoms with van der Waals surface area (Å²) in [6.07, 6.45) is 0. The second kappa shape index (κ2) is 5.30. The maximum Gasteiger partial charge on any atom is 0.243 e. The van der Waals surface area contributed by atoms with Crippen molar-refractivity contribution < 1.29 is 8.42 Å². The molecule has 0 aromatic heterocycles. The normalized spacial score (nSPS) is 12.0. The summed E-state index contributed by atoms with van der Waals surface area (Å²) in [5.74, 6) is 0.278. The maximum absolute atomic E-state index is 12.0. The fraction of sp³-hybridized carbons (Fsp3) is 0.333. The molecule has 0 saturated carbocycles. The fourth-order valence-corrected chi connectivity index (χ4v) is 3.55. The molecule has 0 aliphatic carbocycles. The summed E-state index contributed by atoms with van der Waals surface area (Å²) in [6.45, 7) is 0.297. The monoisotopic (exact) mass is 311 g/mol. The minimum Gasteiger partial charge on any atom is -0.207 e. The van der Waals surface area contributed by atoms with Gasteiger partial charge in [-0.15, -0.1) is 11.6 Å². The smallest absolute Gasteiger partial charge is 0.207 e. The molecule has 0 unspecified atom stereocenters. The van der Waals surface area contributed by atoms with Gasteiger partial charge in [-0.2, -0.15) is 4.31 Å². The van der Waals surface area contributed by atoms with Crippen LogP contribution in [-0.2, 0) is 10.0 Å². The Hall–Kier alpha value is -0.100. The Bertz CT molecular complexity index is 435. The third kappa shape index (κ3) is 2.93. The van der Waals surface area contributed by atoms with Gasteiger partial charge >= 0.3 is 0 Å². The number of hydrogen-bond donors (Lipinski definition) is 0. The molecule has 15 heavy (non-hydrogen) atoms. The zero-order valence-corrected chi connectivity index (χ0v) is 11.3. The molecule has 1 rings (SSSR count). The molecule has 0 saturated heterocycles. The van der Waals surface area contributed by atoms with E-state index in [0.717, 1.165) is 0 Å². The molecule has 1 aromatic rings. The number of rotatable bonds is 4. The number of alkyl halides is 1. The van der Waals surface area contributed by atoms with Crippen molar-refractivity contribution in [3.8, 4) is 0 Å². The summed E-state index contributed by atoms with van der Waals surface area (Å²) in [6, 6.07) is 6.71. The van der Waals surface area contributed by atoms with Crippen LogP contribution in [0, 0.1) is 0 Å². The van der Waals surface area contributed by atoms with E-state index in [1.807, 2.05) is 0 Å². The molecule has 3 nitrogen and oxygen atoms in total. The minimum absolute atomic E-state index is 0.262. The summed E-state index contributed by atoms with van der Waals surface area (Å²) >= 11 is 8.72. The zero-order valence-electron chi connectivity index (χ0n) is 8.15. The van der Waals surface area contributed by atoms with Gasteiger partial charge in [0.05, 0.1) is 4.90 Å². The highest BCUT2D eigenvalue weighted by Crippen LogP contribution is 2.23. The van der Waals surface area contributed by atoms with Gasteiger partial charge in [0.2, 0.25) is 10.0 Å². The van der Waals surface area contributed by atoms with Crippen molar-refractivity contribution in [3.05, 3.63) is 28.7 Å². The predicted octanol–water partition coefficient (Wildman–Crippen LogP) is 2.31. The lowest BCUT2D eigenvalue weighted by molar-refractivity contribution is 0.487. The first kappa shape index (κ1) is 13.0. The van der Waals surface area contributed by atoms with Crippen LogP contribution in [0.3, 0.4) is 0 Å². The van der Waals surface area contributed by atoms with Crippen molar-refractivity contribution in [2.45, 2.75) is 4.90 Å². The molecule has 0 fully saturated rings. The van der Waals surface area contributed by atoms with E-state index in [1.165, 1.54) is 11.4 Å². The van der Waals surface area contributed by atoms with E-state index in [0.29, 0.717) is 11.0 Å². The first-order valence-corrected chi connectivity index (χ1v) is 7.03. The predicted molar refractivity (Wildman–Crippen MR) is 64.7 cm³/mol. The summed E-state index contributed by atoms with van der Waals surface area (Å²) < 4.78 is 25.8. The lowest BCUT2D eigenvalue weighted by Gasteiger charge is -2.16. The second-order valence-electron chi connectivity index (χ2n) is 2.95. The standard InChI is InChI=1S/C9H11BrClNO2S/c1-12(7-6-11)15(13,14)9-5-3-2-4-8(9)10/h2-5H,6-7H2,1H3. The Morgan fingerprint density at radius 2 is 2.00 bits per heavy atom. The number of benzene rings is 1. The molecule has 0 amide bonds. The summed E-state index contributed by atoms with van der Waals surface area (Å²) in [5, 5.41) is 0. The summed E-state index contributed by atoms with van der Waals surface area (Å²) in [7, 11) is -1.92. The van der Waals surface area contributed by atoms with Gasteiger partial charge in [0, 0.05) is 23.9 Å². The number of sulfonamides is 1. The molecule has 0 aliphatic heterocycles. The first-order valence-electron chi connectivity index (χ1n) is 4.27. The van der Waals surface area contributed by atoms with Crippen LogP contribution < -0.4 is 0 Å². The highest BCUT2D eigenvalue weighted by atomic mass is 79.9. The van der Waals surface area contributed by atoms with Crippen molar-refractivity contribution in [1.82, 2.24) is 4.31 Å². The van der Waals surface area contributed by atoms with Crippen molar-refractivity contribution in [2.24, 2.45) is 0 Å². The Morgan fingerprint density at radius 1 is 1.40 bits per heavy atom. The molecule has 6 heteroatoms. The number of halogens is 2. The van der Waals surface area contributed by atoms with Crippen molar-refractivity contribution >= 4 is 37.6 Å². The van der Waals surface area contributed by atoms with Crippen molar-refractivity contribution in [2.75, 3.05) is 19.5 Å². The van der Waals surface area contributed by atoms with Gasteiger partial charge in [0.15, 0.2) is 0 Å². The molecule has 0 heterocycles. The SMILES string of the molecule is CN(CCCl)S(=O)(=O)c1ccccc1Br. The Kier molecular flexibility index (Phi) is 4.58. The lowest BCUT2D eigenvalue weighted by Crippen LogP contribution is -2.28. The van der Waals surface area contributed by atoms with E-state index in [1.54, 1.807) is 24.3 Å². The Labute approximate surface area is 103 Å². The van der Waals surface area contributed by atoms with Crippen LogP contribution in [0.1, 0.15) is 0 Å². The van der Waals surface area contributed by atoms with E-state index >= 15 is 0 Å². The van der Waals surface area contributed by atoms with Gasteiger partial charge in [-0.3, -0.25) is 0 Å². The number of hydrogen-bond acceptors (Lipinski definition) is 2. The van der Waals surface area contributed by atoms with Gasteiger partial charge in [-0.25, -0.2) is 8.42 Å². The Morgan fingerprint density at radius 3 is 2.53 bits per heavy atom. The zero-order chi connectivity index (χ0) is 11.5. The van der Waals surface area contributed by atoms with Crippen LogP contribution in [0.2, 0.25) is 0 Å². The molecule has 0 radical (unpaired) electrons.